The highest BCUT2D eigenvalue weighted by Crippen LogP contribution is 2.40. The van der Waals surface area contributed by atoms with Crippen LogP contribution in [-0.4, -0.2) is 22.0 Å². The molecule has 1 aromatic heterocycles. The number of carbonyl (C=O) groups is 2. The summed E-state index contributed by atoms with van der Waals surface area (Å²) in [6.45, 7) is 1.65. The summed E-state index contributed by atoms with van der Waals surface area (Å²) < 4.78 is 19.2. The molecule has 0 aliphatic heterocycles. The molecule has 6 nitrogen and oxygen atoms in total. The van der Waals surface area contributed by atoms with Crippen molar-refractivity contribution in [2.45, 2.75) is 38.1 Å². The second kappa shape index (κ2) is 6.84. The number of benzene rings is 1. The molecule has 1 atom stereocenters. The molecule has 0 saturated heterocycles. The van der Waals surface area contributed by atoms with Crippen molar-refractivity contribution in [1.82, 2.24) is 10.3 Å². The molecular formula is C17H16ClFN2O4. The van der Waals surface area contributed by atoms with Crippen LogP contribution in [0.5, 0.6) is 0 Å². The van der Waals surface area contributed by atoms with E-state index in [0.717, 1.165) is 18.9 Å². The van der Waals surface area contributed by atoms with Gasteiger partial charge in [0.25, 0.3) is 5.91 Å². The van der Waals surface area contributed by atoms with Crippen LogP contribution in [0.15, 0.2) is 22.6 Å². The van der Waals surface area contributed by atoms with E-state index in [9.17, 15) is 14.0 Å². The number of oxazole rings is 1. The normalized spacial score (nSPS) is 15.0. The molecule has 1 fully saturated rings. The van der Waals surface area contributed by atoms with Gasteiger partial charge in [-0.2, -0.15) is 0 Å². The maximum atomic E-state index is 13.7. The minimum absolute atomic E-state index is 0.0479. The maximum Gasteiger partial charge on any atom is 0.305 e. The van der Waals surface area contributed by atoms with Gasteiger partial charge in [0.05, 0.1) is 23.2 Å². The van der Waals surface area contributed by atoms with Crippen LogP contribution in [0.1, 0.15) is 58.9 Å². The first-order valence-electron chi connectivity index (χ1n) is 7.80. The molecule has 0 radical (unpaired) electrons. The van der Waals surface area contributed by atoms with Crippen LogP contribution in [0, 0.1) is 12.7 Å². The summed E-state index contributed by atoms with van der Waals surface area (Å²) in [5, 5.41) is 11.6. The van der Waals surface area contributed by atoms with Gasteiger partial charge in [-0.05, 0) is 37.5 Å². The summed E-state index contributed by atoms with van der Waals surface area (Å²) >= 11 is 5.65. The molecule has 0 bridgehead atoms. The summed E-state index contributed by atoms with van der Waals surface area (Å²) in [6, 6.07) is 2.98. The zero-order chi connectivity index (χ0) is 18.1. The van der Waals surface area contributed by atoms with E-state index in [4.69, 9.17) is 21.1 Å². The number of aliphatic carboxylic acids is 1. The second-order valence-electron chi connectivity index (χ2n) is 6.04. The Morgan fingerprint density at radius 1 is 1.48 bits per heavy atom. The average molecular weight is 367 g/mol. The van der Waals surface area contributed by atoms with Crippen molar-refractivity contribution in [3.63, 3.8) is 0 Å². The van der Waals surface area contributed by atoms with E-state index in [1.807, 2.05) is 0 Å². The van der Waals surface area contributed by atoms with E-state index in [0.29, 0.717) is 17.1 Å². The predicted molar refractivity (Wildman–Crippen MR) is 87.1 cm³/mol. The summed E-state index contributed by atoms with van der Waals surface area (Å²) in [4.78, 5) is 27.8. The van der Waals surface area contributed by atoms with Crippen LogP contribution >= 0.6 is 11.6 Å². The highest BCUT2D eigenvalue weighted by Gasteiger charge is 2.31. The lowest BCUT2D eigenvalue weighted by molar-refractivity contribution is -0.137. The molecule has 1 unspecified atom stereocenters. The lowest BCUT2D eigenvalue weighted by atomic mass is 10.0. The van der Waals surface area contributed by atoms with Crippen LogP contribution in [0.2, 0.25) is 5.02 Å². The van der Waals surface area contributed by atoms with Crippen LogP contribution in [0.25, 0.3) is 0 Å². The van der Waals surface area contributed by atoms with E-state index in [1.165, 1.54) is 12.1 Å². The Labute approximate surface area is 148 Å². The van der Waals surface area contributed by atoms with E-state index >= 15 is 0 Å². The number of carboxylic acids is 1. The van der Waals surface area contributed by atoms with Crippen LogP contribution in [0.4, 0.5) is 4.39 Å². The quantitative estimate of drug-likeness (QED) is 0.814. The Morgan fingerprint density at radius 2 is 2.20 bits per heavy atom. The molecular weight excluding hydrogens is 351 g/mol. The van der Waals surface area contributed by atoms with Crippen LogP contribution in [-0.2, 0) is 4.79 Å². The number of rotatable bonds is 6. The van der Waals surface area contributed by atoms with Crippen molar-refractivity contribution in [3.8, 4) is 0 Å². The number of carbonyl (C=O) groups excluding carboxylic acids is 1. The van der Waals surface area contributed by atoms with Gasteiger partial charge >= 0.3 is 5.97 Å². The lowest BCUT2D eigenvalue weighted by Gasteiger charge is -2.17. The van der Waals surface area contributed by atoms with Gasteiger partial charge < -0.3 is 14.8 Å². The van der Waals surface area contributed by atoms with E-state index in [-0.39, 0.29) is 16.7 Å². The van der Waals surface area contributed by atoms with Gasteiger partial charge in [-0.15, -0.1) is 0 Å². The van der Waals surface area contributed by atoms with E-state index in [1.54, 1.807) is 6.92 Å². The Morgan fingerprint density at radius 3 is 2.80 bits per heavy atom. The first-order chi connectivity index (χ1) is 11.8. The highest BCUT2D eigenvalue weighted by molar-refractivity contribution is 6.30. The first kappa shape index (κ1) is 17.4. The topological polar surface area (TPSA) is 92.4 Å². The molecule has 25 heavy (non-hydrogen) atoms. The summed E-state index contributed by atoms with van der Waals surface area (Å²) in [5.41, 5.74) is 0.744. The number of hydrogen-bond donors (Lipinski definition) is 2. The molecule has 2 aromatic rings. The lowest BCUT2D eigenvalue weighted by Crippen LogP contribution is -2.30. The van der Waals surface area contributed by atoms with E-state index in [2.05, 4.69) is 10.3 Å². The number of halogens is 2. The third-order valence-corrected chi connectivity index (χ3v) is 4.28. The smallest absolute Gasteiger partial charge is 0.305 e. The molecule has 1 amide bonds. The van der Waals surface area contributed by atoms with Crippen LogP contribution < -0.4 is 5.32 Å². The minimum Gasteiger partial charge on any atom is -0.481 e. The molecule has 2 N–H and O–H groups in total. The average Bonchev–Trinajstić information content (AvgIpc) is 3.31. The standard InChI is InChI=1S/C17H16ClFN2O4/c1-8-15(25-17(20-8)9-2-3-9)16(24)21-13(7-14(22)23)10-4-5-11(18)12(19)6-10/h4-6,9,13H,2-3,7H2,1H3,(H,21,24)(H,22,23). The van der Waals surface area contributed by atoms with Crippen molar-refractivity contribution >= 4 is 23.5 Å². The van der Waals surface area contributed by atoms with Crippen molar-refractivity contribution < 1.29 is 23.5 Å². The molecule has 3 rings (SSSR count). The largest absolute Gasteiger partial charge is 0.481 e. The van der Waals surface area contributed by atoms with Gasteiger partial charge in [-0.25, -0.2) is 9.37 Å². The number of hydrogen-bond acceptors (Lipinski definition) is 4. The van der Waals surface area contributed by atoms with Crippen molar-refractivity contribution in [3.05, 3.63) is 51.9 Å². The number of nitrogens with zero attached hydrogens (tertiary/aromatic N) is 1. The summed E-state index contributed by atoms with van der Waals surface area (Å²) in [7, 11) is 0. The van der Waals surface area contributed by atoms with E-state index < -0.39 is 30.2 Å². The fraction of sp³-hybridized carbons (Fsp3) is 0.353. The van der Waals surface area contributed by atoms with Crippen molar-refractivity contribution in [2.24, 2.45) is 0 Å². The highest BCUT2D eigenvalue weighted by atomic mass is 35.5. The fourth-order valence-corrected chi connectivity index (χ4v) is 2.63. The molecule has 132 valence electrons. The van der Waals surface area contributed by atoms with Gasteiger partial charge in [0, 0.05) is 5.92 Å². The Kier molecular flexibility index (Phi) is 4.76. The number of nitrogens with one attached hydrogen (secondary N) is 1. The second-order valence-corrected chi connectivity index (χ2v) is 6.45. The molecule has 1 aliphatic rings. The first-order valence-corrected chi connectivity index (χ1v) is 8.18. The number of aryl methyl sites for hydroxylation is 1. The van der Waals surface area contributed by atoms with Gasteiger partial charge in [0.15, 0.2) is 5.89 Å². The predicted octanol–water partition coefficient (Wildman–Crippen LogP) is 3.60. The molecule has 1 saturated carbocycles. The molecule has 1 aliphatic carbocycles. The SMILES string of the molecule is Cc1nc(C2CC2)oc1C(=O)NC(CC(=O)O)c1ccc(Cl)c(F)c1. The molecule has 1 heterocycles. The van der Waals surface area contributed by atoms with Gasteiger partial charge in [-0.1, -0.05) is 17.7 Å². The number of amides is 1. The Bertz CT molecular complexity index is 832. The Balaban J connectivity index is 1.83. The number of carboxylic acid groups (broad SMARTS) is 1. The van der Waals surface area contributed by atoms with Crippen molar-refractivity contribution in [2.75, 3.05) is 0 Å². The summed E-state index contributed by atoms with van der Waals surface area (Å²) in [6.07, 6.45) is 1.55. The zero-order valence-corrected chi connectivity index (χ0v) is 14.1. The summed E-state index contributed by atoms with van der Waals surface area (Å²) in [5.74, 6) is -1.58. The fourth-order valence-electron chi connectivity index (χ4n) is 2.51. The molecule has 0 spiro atoms. The zero-order valence-electron chi connectivity index (χ0n) is 13.4. The van der Waals surface area contributed by atoms with Crippen molar-refractivity contribution in [1.29, 1.82) is 0 Å². The van der Waals surface area contributed by atoms with Gasteiger partial charge in [0.1, 0.15) is 5.82 Å². The molecule has 1 aromatic carbocycles. The third-order valence-electron chi connectivity index (χ3n) is 3.98. The monoisotopic (exact) mass is 366 g/mol. The minimum atomic E-state index is -1.13. The maximum absolute atomic E-state index is 13.7. The molecule has 8 heteroatoms. The number of aromatic nitrogens is 1. The Hall–Kier alpha value is -2.41. The third kappa shape index (κ3) is 3.99. The van der Waals surface area contributed by atoms with Crippen LogP contribution in [0.3, 0.4) is 0 Å². The van der Waals surface area contributed by atoms with Gasteiger partial charge in [0.2, 0.25) is 5.76 Å². The van der Waals surface area contributed by atoms with Gasteiger partial charge in [-0.3, -0.25) is 9.59 Å².